The third kappa shape index (κ3) is 8.21. The quantitative estimate of drug-likeness (QED) is 0.639. The summed E-state index contributed by atoms with van der Waals surface area (Å²) >= 11 is 0. The van der Waals surface area contributed by atoms with Crippen molar-refractivity contribution >= 4 is 12.4 Å². The Morgan fingerprint density at radius 3 is 2.07 bits per heavy atom. The van der Waals surface area contributed by atoms with E-state index >= 15 is 0 Å². The number of benzene rings is 2. The summed E-state index contributed by atoms with van der Waals surface area (Å²) < 4.78 is 10.9. The summed E-state index contributed by atoms with van der Waals surface area (Å²) in [6.07, 6.45) is 1.31. The highest BCUT2D eigenvalue weighted by Crippen LogP contribution is 2.17. The van der Waals surface area contributed by atoms with E-state index in [1.165, 1.54) is 11.1 Å². The van der Waals surface area contributed by atoms with Crippen LogP contribution in [0.2, 0.25) is 0 Å². The molecule has 0 spiro atoms. The van der Waals surface area contributed by atoms with Crippen LogP contribution in [-0.4, -0.2) is 37.0 Å². The average molecular weight is 394 g/mol. The van der Waals surface area contributed by atoms with Crippen LogP contribution in [-0.2, 0) is 12.8 Å². The molecule has 0 saturated heterocycles. The SMILES string of the molecule is CCc1ccc(OCC(O)CNC(C)(C)Cc2ccc(OC)cc2)cc1.Cl. The van der Waals surface area contributed by atoms with Crippen LogP contribution < -0.4 is 14.8 Å². The Hall–Kier alpha value is -1.75. The fourth-order valence-electron chi connectivity index (χ4n) is 2.78. The van der Waals surface area contributed by atoms with Crippen molar-refractivity contribution in [1.29, 1.82) is 0 Å². The van der Waals surface area contributed by atoms with E-state index in [1.807, 2.05) is 24.3 Å². The second kappa shape index (κ2) is 11.2. The van der Waals surface area contributed by atoms with Crippen LogP contribution in [0, 0.1) is 0 Å². The fourth-order valence-corrected chi connectivity index (χ4v) is 2.78. The van der Waals surface area contributed by atoms with Gasteiger partial charge in [-0.3, -0.25) is 0 Å². The molecule has 2 aromatic rings. The molecule has 4 nitrogen and oxygen atoms in total. The average Bonchev–Trinajstić information content (AvgIpc) is 2.65. The highest BCUT2D eigenvalue weighted by atomic mass is 35.5. The molecule has 0 aliphatic heterocycles. The predicted molar refractivity (Wildman–Crippen MR) is 113 cm³/mol. The molecular weight excluding hydrogens is 362 g/mol. The van der Waals surface area contributed by atoms with Gasteiger partial charge in [-0.2, -0.15) is 0 Å². The van der Waals surface area contributed by atoms with Crippen molar-refractivity contribution in [2.75, 3.05) is 20.3 Å². The third-order valence-electron chi connectivity index (χ3n) is 4.40. The van der Waals surface area contributed by atoms with Gasteiger partial charge in [0.25, 0.3) is 0 Å². The predicted octanol–water partition coefficient (Wildman–Crippen LogP) is 4.03. The molecule has 2 rings (SSSR count). The van der Waals surface area contributed by atoms with Gasteiger partial charge in [0.2, 0.25) is 0 Å². The lowest BCUT2D eigenvalue weighted by molar-refractivity contribution is 0.0988. The van der Waals surface area contributed by atoms with Gasteiger partial charge in [-0.15, -0.1) is 12.4 Å². The molecule has 0 aliphatic carbocycles. The van der Waals surface area contributed by atoms with Crippen LogP contribution >= 0.6 is 12.4 Å². The minimum absolute atomic E-state index is 0. The summed E-state index contributed by atoms with van der Waals surface area (Å²) in [5.41, 5.74) is 2.38. The number of aryl methyl sites for hydroxylation is 1. The molecular formula is C22H32ClNO3. The summed E-state index contributed by atoms with van der Waals surface area (Å²) in [4.78, 5) is 0. The Morgan fingerprint density at radius 2 is 1.52 bits per heavy atom. The van der Waals surface area contributed by atoms with Crippen molar-refractivity contribution in [2.45, 2.75) is 45.3 Å². The van der Waals surface area contributed by atoms with E-state index in [2.05, 4.69) is 50.4 Å². The fraction of sp³-hybridized carbons (Fsp3) is 0.455. The lowest BCUT2D eigenvalue weighted by atomic mass is 9.94. The zero-order chi connectivity index (χ0) is 19.0. The standard InChI is InChI=1S/C22H31NO3.ClH/c1-5-17-6-12-21(13-7-17)26-16-19(24)15-23-22(2,3)14-18-8-10-20(25-4)11-9-18;/h6-13,19,23-24H,5,14-16H2,1-4H3;1H. The van der Waals surface area contributed by atoms with Gasteiger partial charge in [-0.25, -0.2) is 0 Å². The topological polar surface area (TPSA) is 50.7 Å². The van der Waals surface area contributed by atoms with Crippen molar-refractivity contribution in [3.05, 3.63) is 59.7 Å². The van der Waals surface area contributed by atoms with E-state index in [4.69, 9.17) is 9.47 Å². The Morgan fingerprint density at radius 1 is 0.963 bits per heavy atom. The van der Waals surface area contributed by atoms with Crippen molar-refractivity contribution < 1.29 is 14.6 Å². The summed E-state index contributed by atoms with van der Waals surface area (Å²) in [6.45, 7) is 7.15. The van der Waals surface area contributed by atoms with Gasteiger partial charge >= 0.3 is 0 Å². The second-order valence-electron chi connectivity index (χ2n) is 7.25. The van der Waals surface area contributed by atoms with Crippen LogP contribution in [0.15, 0.2) is 48.5 Å². The molecule has 1 atom stereocenters. The Balaban J connectivity index is 0.00000364. The first-order valence-electron chi connectivity index (χ1n) is 9.19. The minimum Gasteiger partial charge on any atom is -0.497 e. The molecule has 0 amide bonds. The molecule has 0 aromatic heterocycles. The molecule has 0 bridgehead atoms. The highest BCUT2D eigenvalue weighted by Gasteiger charge is 2.19. The van der Waals surface area contributed by atoms with Gasteiger partial charge in [0.1, 0.15) is 24.2 Å². The molecule has 2 aromatic carbocycles. The largest absolute Gasteiger partial charge is 0.497 e. The number of methoxy groups -OCH3 is 1. The van der Waals surface area contributed by atoms with Crippen molar-refractivity contribution in [3.8, 4) is 11.5 Å². The number of halogens is 1. The van der Waals surface area contributed by atoms with E-state index in [0.29, 0.717) is 6.54 Å². The van der Waals surface area contributed by atoms with Crippen molar-refractivity contribution in [1.82, 2.24) is 5.32 Å². The monoisotopic (exact) mass is 393 g/mol. The molecule has 2 N–H and O–H groups in total. The molecule has 150 valence electrons. The van der Waals surface area contributed by atoms with Gasteiger partial charge < -0.3 is 19.9 Å². The molecule has 5 heteroatoms. The number of aliphatic hydroxyl groups is 1. The van der Waals surface area contributed by atoms with Gasteiger partial charge in [-0.05, 0) is 62.1 Å². The van der Waals surface area contributed by atoms with E-state index in [1.54, 1.807) is 7.11 Å². The molecule has 0 fully saturated rings. The zero-order valence-corrected chi connectivity index (χ0v) is 17.5. The molecule has 1 unspecified atom stereocenters. The first-order valence-corrected chi connectivity index (χ1v) is 9.19. The number of β-amino-alcohol motifs (C(OH)–C–C–N with tert-alkyl or cyclic N) is 1. The second-order valence-corrected chi connectivity index (χ2v) is 7.25. The lowest BCUT2D eigenvalue weighted by Gasteiger charge is -2.28. The zero-order valence-electron chi connectivity index (χ0n) is 16.7. The number of hydrogen-bond donors (Lipinski definition) is 2. The molecule has 0 radical (unpaired) electrons. The lowest BCUT2D eigenvalue weighted by Crippen LogP contribution is -2.46. The van der Waals surface area contributed by atoms with E-state index in [0.717, 1.165) is 24.3 Å². The van der Waals surface area contributed by atoms with Crippen LogP contribution in [0.5, 0.6) is 11.5 Å². The van der Waals surface area contributed by atoms with Crippen LogP contribution in [0.4, 0.5) is 0 Å². The summed E-state index contributed by atoms with van der Waals surface area (Å²) in [5, 5.41) is 13.6. The minimum atomic E-state index is -0.559. The van der Waals surface area contributed by atoms with E-state index in [-0.39, 0.29) is 24.6 Å². The summed E-state index contributed by atoms with van der Waals surface area (Å²) in [7, 11) is 1.67. The maximum atomic E-state index is 10.2. The van der Waals surface area contributed by atoms with Crippen molar-refractivity contribution in [3.63, 3.8) is 0 Å². The van der Waals surface area contributed by atoms with Gasteiger partial charge in [0.15, 0.2) is 0 Å². The van der Waals surface area contributed by atoms with E-state index < -0.39 is 6.10 Å². The highest BCUT2D eigenvalue weighted by molar-refractivity contribution is 5.85. The number of aliphatic hydroxyl groups excluding tert-OH is 1. The van der Waals surface area contributed by atoms with Crippen LogP contribution in [0.1, 0.15) is 31.9 Å². The Kier molecular flexibility index (Phi) is 9.64. The van der Waals surface area contributed by atoms with E-state index in [9.17, 15) is 5.11 Å². The maximum absolute atomic E-state index is 10.2. The van der Waals surface area contributed by atoms with Gasteiger partial charge in [0, 0.05) is 12.1 Å². The summed E-state index contributed by atoms with van der Waals surface area (Å²) in [5.74, 6) is 1.65. The molecule has 0 heterocycles. The molecule has 0 aliphatic rings. The maximum Gasteiger partial charge on any atom is 0.119 e. The van der Waals surface area contributed by atoms with Crippen LogP contribution in [0.25, 0.3) is 0 Å². The smallest absolute Gasteiger partial charge is 0.119 e. The molecule has 27 heavy (non-hydrogen) atoms. The normalized spacial score (nSPS) is 12.2. The number of ether oxygens (including phenoxy) is 2. The number of nitrogens with one attached hydrogen (secondary N) is 1. The first kappa shape index (κ1) is 23.3. The first-order chi connectivity index (χ1) is 12.4. The van der Waals surface area contributed by atoms with Gasteiger partial charge in [-0.1, -0.05) is 31.2 Å². The molecule has 0 saturated carbocycles. The number of rotatable bonds is 10. The van der Waals surface area contributed by atoms with Crippen LogP contribution in [0.3, 0.4) is 0 Å². The Bertz CT molecular complexity index is 656. The van der Waals surface area contributed by atoms with Gasteiger partial charge in [0.05, 0.1) is 7.11 Å². The third-order valence-corrected chi connectivity index (χ3v) is 4.40. The number of hydrogen-bond acceptors (Lipinski definition) is 4. The summed E-state index contributed by atoms with van der Waals surface area (Å²) in [6, 6.07) is 16.1. The Labute approximate surface area is 169 Å². The van der Waals surface area contributed by atoms with Crippen molar-refractivity contribution in [2.24, 2.45) is 0 Å².